The van der Waals surface area contributed by atoms with Gasteiger partial charge in [0.2, 0.25) is 0 Å². The number of thiocarbonyl (C=S) groups is 1. The van der Waals surface area contributed by atoms with Crippen LogP contribution in [-0.2, 0) is 4.79 Å². The number of benzene rings is 1. The van der Waals surface area contributed by atoms with Crippen molar-refractivity contribution in [2.45, 2.75) is 6.92 Å². The van der Waals surface area contributed by atoms with E-state index in [0.29, 0.717) is 40.2 Å². The summed E-state index contributed by atoms with van der Waals surface area (Å²) in [7, 11) is 4.65. The molecule has 118 valence electrons. The molecule has 0 unspecified atom stereocenters. The molecule has 0 aromatic heterocycles. The van der Waals surface area contributed by atoms with Crippen molar-refractivity contribution in [3.63, 3.8) is 0 Å². The Balaban J connectivity index is 2.47. The van der Waals surface area contributed by atoms with Crippen molar-refractivity contribution in [2.24, 2.45) is 0 Å². The molecule has 1 aromatic carbocycles. The van der Waals surface area contributed by atoms with Crippen LogP contribution in [0.1, 0.15) is 12.5 Å². The number of rotatable bonds is 5. The Kier molecular flexibility index (Phi) is 4.87. The molecule has 1 aromatic rings. The first-order chi connectivity index (χ1) is 10.5. The zero-order valence-electron chi connectivity index (χ0n) is 12.9. The lowest BCUT2D eigenvalue weighted by Gasteiger charge is -2.12. The van der Waals surface area contributed by atoms with Crippen molar-refractivity contribution in [3.05, 3.63) is 23.4 Å². The van der Waals surface area contributed by atoms with Gasteiger partial charge >= 0.3 is 0 Å². The third-order valence-corrected chi connectivity index (χ3v) is 3.64. The Morgan fingerprint density at radius 3 is 2.23 bits per heavy atom. The van der Waals surface area contributed by atoms with Crippen molar-refractivity contribution in [2.75, 3.05) is 27.9 Å². The fraction of sp³-hybridized carbons (Fsp3) is 0.333. The highest BCUT2D eigenvalue weighted by atomic mass is 32.1. The number of hydrogen-bond acceptors (Lipinski definition) is 5. The number of amides is 1. The summed E-state index contributed by atoms with van der Waals surface area (Å²) in [6.45, 7) is 2.39. The summed E-state index contributed by atoms with van der Waals surface area (Å²) in [5.41, 5.74) is 1.09. The second-order valence-corrected chi connectivity index (χ2v) is 4.87. The van der Waals surface area contributed by atoms with E-state index < -0.39 is 0 Å². The first-order valence-corrected chi connectivity index (χ1v) is 7.11. The molecule has 1 aliphatic rings. The molecule has 1 amide bonds. The summed E-state index contributed by atoms with van der Waals surface area (Å²) in [5.74, 6) is 1.51. The fourth-order valence-electron chi connectivity index (χ4n) is 2.18. The summed E-state index contributed by atoms with van der Waals surface area (Å²) < 4.78 is 15.9. The third kappa shape index (κ3) is 2.85. The van der Waals surface area contributed by atoms with Gasteiger partial charge in [-0.2, -0.15) is 0 Å². The normalized spacial score (nSPS) is 16.0. The van der Waals surface area contributed by atoms with Crippen LogP contribution >= 0.6 is 12.2 Å². The molecular formula is C15H18N2O4S. The predicted molar refractivity (Wildman–Crippen MR) is 87.2 cm³/mol. The molecule has 0 aliphatic carbocycles. The molecule has 0 radical (unpaired) electrons. The second kappa shape index (κ2) is 6.65. The molecule has 1 saturated heterocycles. The summed E-state index contributed by atoms with van der Waals surface area (Å²) in [4.78, 5) is 13.7. The molecule has 1 fully saturated rings. The Morgan fingerprint density at radius 2 is 1.73 bits per heavy atom. The Labute approximate surface area is 134 Å². The number of carbonyl (C=O) groups is 1. The summed E-state index contributed by atoms with van der Waals surface area (Å²) >= 11 is 5.14. The highest BCUT2D eigenvalue weighted by Crippen LogP contribution is 2.35. The molecule has 2 rings (SSSR count). The lowest BCUT2D eigenvalue weighted by atomic mass is 10.1. The van der Waals surface area contributed by atoms with Crippen molar-refractivity contribution in [1.29, 1.82) is 0 Å². The van der Waals surface area contributed by atoms with Gasteiger partial charge in [-0.15, -0.1) is 0 Å². The molecule has 1 heterocycles. The predicted octanol–water partition coefficient (Wildman–Crippen LogP) is 1.79. The third-order valence-electron chi connectivity index (χ3n) is 3.31. The van der Waals surface area contributed by atoms with Crippen LogP contribution < -0.4 is 19.5 Å². The van der Waals surface area contributed by atoms with Crippen molar-refractivity contribution in [3.8, 4) is 17.2 Å². The van der Waals surface area contributed by atoms with E-state index in [1.807, 2.05) is 6.92 Å². The zero-order valence-corrected chi connectivity index (χ0v) is 13.7. The van der Waals surface area contributed by atoms with Gasteiger partial charge in [-0.25, -0.2) is 0 Å². The van der Waals surface area contributed by atoms with E-state index in [2.05, 4.69) is 5.32 Å². The lowest BCUT2D eigenvalue weighted by Crippen LogP contribution is -2.30. The van der Waals surface area contributed by atoms with Crippen molar-refractivity contribution >= 4 is 29.3 Å². The number of hydrogen-bond donors (Lipinski definition) is 1. The van der Waals surface area contributed by atoms with Crippen LogP contribution in [0, 0.1) is 0 Å². The van der Waals surface area contributed by atoms with Crippen molar-refractivity contribution < 1.29 is 19.0 Å². The van der Waals surface area contributed by atoms with Crippen LogP contribution in [0.4, 0.5) is 0 Å². The number of methoxy groups -OCH3 is 3. The van der Waals surface area contributed by atoms with Crippen LogP contribution in [0.5, 0.6) is 17.2 Å². The first-order valence-electron chi connectivity index (χ1n) is 6.70. The zero-order chi connectivity index (χ0) is 16.3. The first kappa shape index (κ1) is 16.1. The van der Waals surface area contributed by atoms with E-state index in [9.17, 15) is 4.79 Å². The van der Waals surface area contributed by atoms with Crippen molar-refractivity contribution in [1.82, 2.24) is 10.2 Å². The van der Waals surface area contributed by atoms with E-state index in [1.165, 1.54) is 4.90 Å². The lowest BCUT2D eigenvalue weighted by molar-refractivity contribution is -0.122. The van der Waals surface area contributed by atoms with Crippen LogP contribution in [0.25, 0.3) is 6.08 Å². The van der Waals surface area contributed by atoms with Crippen LogP contribution in [0.15, 0.2) is 17.8 Å². The molecule has 1 aliphatic heterocycles. The van der Waals surface area contributed by atoms with Gasteiger partial charge in [-0.05, 0) is 31.3 Å². The molecule has 0 saturated carbocycles. The number of likely N-dealkylation sites (N-methyl/N-ethyl adjacent to an activating group) is 1. The van der Waals surface area contributed by atoms with E-state index in [4.69, 9.17) is 26.4 Å². The SMILES string of the molecule is CCN1C(=O)/C(=C/c2cc(OC)c(OC)cc2OC)NC1=S. The highest BCUT2D eigenvalue weighted by Gasteiger charge is 2.29. The number of carbonyl (C=O) groups excluding carboxylic acids is 1. The molecule has 0 spiro atoms. The smallest absolute Gasteiger partial charge is 0.276 e. The number of ether oxygens (including phenoxy) is 3. The van der Waals surface area contributed by atoms with Gasteiger partial charge < -0.3 is 19.5 Å². The van der Waals surface area contributed by atoms with Gasteiger partial charge in [0.1, 0.15) is 11.4 Å². The minimum absolute atomic E-state index is 0.163. The summed E-state index contributed by atoms with van der Waals surface area (Å²) in [6.07, 6.45) is 1.69. The van der Waals surface area contributed by atoms with Crippen LogP contribution in [0.2, 0.25) is 0 Å². The average Bonchev–Trinajstić information content (AvgIpc) is 2.80. The number of nitrogens with one attached hydrogen (secondary N) is 1. The summed E-state index contributed by atoms with van der Waals surface area (Å²) in [5, 5.41) is 3.31. The second-order valence-electron chi connectivity index (χ2n) is 4.49. The molecule has 0 bridgehead atoms. The van der Waals surface area contributed by atoms with E-state index in [0.717, 1.165) is 0 Å². The standard InChI is InChI=1S/C15H18N2O4S/c1-5-17-14(18)10(16-15(17)22)6-9-7-12(20-3)13(21-4)8-11(9)19-2/h6-8H,5H2,1-4H3,(H,16,22)/b10-6-. The quantitative estimate of drug-likeness (QED) is 0.659. The molecule has 0 atom stereocenters. The fourth-order valence-corrected chi connectivity index (χ4v) is 2.50. The summed E-state index contributed by atoms with van der Waals surface area (Å²) in [6, 6.07) is 3.46. The van der Waals surface area contributed by atoms with Gasteiger partial charge in [0.25, 0.3) is 5.91 Å². The Hall–Kier alpha value is -2.28. The maximum Gasteiger partial charge on any atom is 0.276 e. The maximum absolute atomic E-state index is 12.2. The van der Waals surface area contributed by atoms with E-state index in [-0.39, 0.29) is 5.91 Å². The topological polar surface area (TPSA) is 60.0 Å². The number of nitrogens with zero attached hydrogens (tertiary/aromatic N) is 1. The molecule has 6 nitrogen and oxygen atoms in total. The van der Waals surface area contributed by atoms with Crippen LogP contribution in [-0.4, -0.2) is 43.8 Å². The minimum atomic E-state index is -0.163. The van der Waals surface area contributed by atoms with Gasteiger partial charge in [0.15, 0.2) is 16.6 Å². The van der Waals surface area contributed by atoms with Gasteiger partial charge in [-0.1, -0.05) is 0 Å². The average molecular weight is 322 g/mol. The van der Waals surface area contributed by atoms with E-state index in [1.54, 1.807) is 39.5 Å². The molecular weight excluding hydrogens is 304 g/mol. The Bertz CT molecular complexity index is 643. The maximum atomic E-state index is 12.2. The monoisotopic (exact) mass is 322 g/mol. The highest BCUT2D eigenvalue weighted by molar-refractivity contribution is 7.80. The van der Waals surface area contributed by atoms with E-state index >= 15 is 0 Å². The molecule has 22 heavy (non-hydrogen) atoms. The Morgan fingerprint density at radius 1 is 1.14 bits per heavy atom. The van der Waals surface area contributed by atoms with Gasteiger partial charge in [0, 0.05) is 18.2 Å². The van der Waals surface area contributed by atoms with Crippen LogP contribution in [0.3, 0.4) is 0 Å². The van der Waals surface area contributed by atoms with Gasteiger partial charge in [0.05, 0.1) is 21.3 Å². The van der Waals surface area contributed by atoms with Gasteiger partial charge in [-0.3, -0.25) is 9.69 Å². The minimum Gasteiger partial charge on any atom is -0.496 e. The largest absolute Gasteiger partial charge is 0.496 e. The molecule has 7 heteroatoms. The molecule has 1 N–H and O–H groups in total.